The maximum Gasteiger partial charge on any atom is 0.271 e. The second-order valence-corrected chi connectivity index (χ2v) is 6.51. The highest BCUT2D eigenvalue weighted by atomic mass is 16.2. The molecule has 0 unspecified atom stereocenters. The summed E-state index contributed by atoms with van der Waals surface area (Å²) >= 11 is 0. The number of nitrogens with zero attached hydrogens (tertiary/aromatic N) is 2. The van der Waals surface area contributed by atoms with Gasteiger partial charge in [0.2, 0.25) is 0 Å². The lowest BCUT2D eigenvalue weighted by Gasteiger charge is -2.33. The van der Waals surface area contributed by atoms with E-state index in [1.807, 2.05) is 70.3 Å². The lowest BCUT2D eigenvalue weighted by Crippen LogP contribution is -2.41. The van der Waals surface area contributed by atoms with Gasteiger partial charge in [-0.2, -0.15) is 0 Å². The summed E-state index contributed by atoms with van der Waals surface area (Å²) in [5.74, 6) is 6.40. The first-order valence-corrected chi connectivity index (χ1v) is 8.85. The van der Waals surface area contributed by atoms with Crippen LogP contribution in [0.4, 0.5) is 0 Å². The topological polar surface area (TPSA) is 25.2 Å². The molecule has 128 valence electrons. The second-order valence-electron chi connectivity index (χ2n) is 6.51. The van der Waals surface area contributed by atoms with Crippen LogP contribution in [-0.2, 0) is 6.54 Å². The van der Waals surface area contributed by atoms with Gasteiger partial charge in [-0.15, -0.1) is 0 Å². The molecule has 0 bridgehead atoms. The number of hydrogen-bond donors (Lipinski definition) is 0. The van der Waals surface area contributed by atoms with Gasteiger partial charge in [-0.05, 0) is 30.7 Å². The molecule has 26 heavy (non-hydrogen) atoms. The quantitative estimate of drug-likeness (QED) is 0.645. The van der Waals surface area contributed by atoms with Crippen molar-refractivity contribution < 1.29 is 4.79 Å². The van der Waals surface area contributed by atoms with E-state index in [4.69, 9.17) is 0 Å². The van der Waals surface area contributed by atoms with E-state index in [1.54, 1.807) is 0 Å². The molecular weight excluding hydrogens is 320 g/mol. The number of benzene rings is 2. The third-order valence-corrected chi connectivity index (χ3v) is 4.83. The van der Waals surface area contributed by atoms with Gasteiger partial charge in [-0.3, -0.25) is 4.79 Å². The van der Waals surface area contributed by atoms with E-state index in [0.29, 0.717) is 6.54 Å². The molecule has 2 heterocycles. The Labute approximate surface area is 153 Å². The van der Waals surface area contributed by atoms with Gasteiger partial charge in [0.1, 0.15) is 5.69 Å². The van der Waals surface area contributed by atoms with Crippen LogP contribution in [0, 0.1) is 11.8 Å². The molecule has 0 saturated carbocycles. The first-order chi connectivity index (χ1) is 12.7. The van der Waals surface area contributed by atoms with E-state index in [0.717, 1.165) is 28.9 Å². The molecule has 1 amide bonds. The zero-order valence-corrected chi connectivity index (χ0v) is 14.7. The van der Waals surface area contributed by atoms with Gasteiger partial charge in [0.05, 0.1) is 6.04 Å². The zero-order chi connectivity index (χ0) is 17.9. The number of carbonyl (C=O) groups excluding carboxylic acids is 1. The Morgan fingerprint density at radius 1 is 0.885 bits per heavy atom. The summed E-state index contributed by atoms with van der Waals surface area (Å²) in [6.07, 6.45) is 1.98. The third kappa shape index (κ3) is 3.14. The Kier molecular flexibility index (Phi) is 4.33. The minimum atomic E-state index is 0.0613. The van der Waals surface area contributed by atoms with E-state index in [1.165, 1.54) is 0 Å². The van der Waals surface area contributed by atoms with Crippen molar-refractivity contribution in [3.05, 3.63) is 95.3 Å². The molecule has 0 aliphatic carbocycles. The maximum atomic E-state index is 13.0. The van der Waals surface area contributed by atoms with E-state index in [9.17, 15) is 4.79 Å². The molecule has 0 spiro atoms. The number of fused-ring (bicyclic) bond motifs is 1. The summed E-state index contributed by atoms with van der Waals surface area (Å²) in [6, 6.07) is 22.0. The van der Waals surface area contributed by atoms with Crippen LogP contribution in [0.2, 0.25) is 0 Å². The summed E-state index contributed by atoms with van der Waals surface area (Å²) in [4.78, 5) is 14.9. The lowest BCUT2D eigenvalue weighted by molar-refractivity contribution is 0.0632. The summed E-state index contributed by atoms with van der Waals surface area (Å²) < 4.78 is 2.02. The van der Waals surface area contributed by atoms with Crippen molar-refractivity contribution in [3.8, 4) is 11.8 Å². The van der Waals surface area contributed by atoms with Gasteiger partial charge < -0.3 is 9.47 Å². The Morgan fingerprint density at radius 3 is 2.27 bits per heavy atom. The standard InChI is InChI=1S/C23H20N2O/c1-18(21-10-6-3-7-11-21)25-15-14-24-17-20(16-22(24)23(25)26)13-12-19-8-4-2-5-9-19/h2-11,16-18H,14-15H2,1H3/t18-/m1/s1. The van der Waals surface area contributed by atoms with Crippen LogP contribution in [0.1, 0.15) is 40.1 Å². The van der Waals surface area contributed by atoms with Crippen LogP contribution < -0.4 is 0 Å². The van der Waals surface area contributed by atoms with E-state index in [2.05, 4.69) is 30.9 Å². The molecule has 3 aromatic rings. The molecule has 3 nitrogen and oxygen atoms in total. The predicted octanol–water partition coefficient (Wildman–Crippen LogP) is 4.10. The van der Waals surface area contributed by atoms with Gasteiger partial charge in [-0.25, -0.2) is 0 Å². The Hall–Kier alpha value is -3.25. The van der Waals surface area contributed by atoms with Gasteiger partial charge in [0.15, 0.2) is 0 Å². The van der Waals surface area contributed by atoms with Crippen molar-refractivity contribution in [2.24, 2.45) is 0 Å². The summed E-state index contributed by atoms with van der Waals surface area (Å²) in [5.41, 5.74) is 3.73. The van der Waals surface area contributed by atoms with Crippen LogP contribution in [-0.4, -0.2) is 21.9 Å². The Bertz CT molecular complexity index is 977. The molecule has 0 radical (unpaired) electrons. The Balaban J connectivity index is 1.58. The van der Waals surface area contributed by atoms with Crippen LogP contribution >= 0.6 is 0 Å². The van der Waals surface area contributed by atoms with Crippen LogP contribution in [0.15, 0.2) is 72.9 Å². The average Bonchev–Trinajstić information content (AvgIpc) is 3.12. The minimum absolute atomic E-state index is 0.0613. The Morgan fingerprint density at radius 2 is 1.54 bits per heavy atom. The normalized spacial score (nSPS) is 14.3. The molecule has 1 atom stereocenters. The van der Waals surface area contributed by atoms with Crippen molar-refractivity contribution in [1.29, 1.82) is 0 Å². The van der Waals surface area contributed by atoms with Gasteiger partial charge >= 0.3 is 0 Å². The highest BCUT2D eigenvalue weighted by molar-refractivity contribution is 5.94. The fourth-order valence-corrected chi connectivity index (χ4v) is 3.35. The summed E-state index contributed by atoms with van der Waals surface area (Å²) in [5, 5.41) is 0. The molecule has 0 saturated heterocycles. The first kappa shape index (κ1) is 16.2. The maximum absolute atomic E-state index is 13.0. The first-order valence-electron chi connectivity index (χ1n) is 8.85. The highest BCUT2D eigenvalue weighted by Crippen LogP contribution is 2.25. The van der Waals surface area contributed by atoms with Crippen molar-refractivity contribution >= 4 is 5.91 Å². The molecular formula is C23H20N2O. The predicted molar refractivity (Wildman–Crippen MR) is 103 cm³/mol. The largest absolute Gasteiger partial charge is 0.340 e. The molecule has 3 heteroatoms. The smallest absolute Gasteiger partial charge is 0.271 e. The third-order valence-electron chi connectivity index (χ3n) is 4.83. The second kappa shape index (κ2) is 6.93. The molecule has 1 aliphatic rings. The lowest BCUT2D eigenvalue weighted by atomic mass is 10.1. The van der Waals surface area contributed by atoms with Crippen LogP contribution in [0.3, 0.4) is 0 Å². The number of rotatable bonds is 2. The van der Waals surface area contributed by atoms with Gasteiger partial charge in [-0.1, -0.05) is 60.4 Å². The summed E-state index contributed by atoms with van der Waals surface area (Å²) in [7, 11) is 0. The van der Waals surface area contributed by atoms with Crippen molar-refractivity contribution in [3.63, 3.8) is 0 Å². The fraction of sp³-hybridized carbons (Fsp3) is 0.174. The zero-order valence-electron chi connectivity index (χ0n) is 14.7. The highest BCUT2D eigenvalue weighted by Gasteiger charge is 2.29. The SMILES string of the molecule is C[C@H](c1ccccc1)N1CCn2cc(C#Cc3ccccc3)cc2C1=O. The minimum Gasteiger partial charge on any atom is -0.340 e. The van der Waals surface area contributed by atoms with Crippen molar-refractivity contribution in [1.82, 2.24) is 9.47 Å². The average molecular weight is 340 g/mol. The fourth-order valence-electron chi connectivity index (χ4n) is 3.35. The van der Waals surface area contributed by atoms with Gasteiger partial charge in [0, 0.05) is 30.4 Å². The number of aromatic nitrogens is 1. The van der Waals surface area contributed by atoms with E-state index < -0.39 is 0 Å². The molecule has 0 fully saturated rings. The number of amides is 1. The molecule has 2 aromatic carbocycles. The van der Waals surface area contributed by atoms with E-state index >= 15 is 0 Å². The number of hydrogen-bond acceptors (Lipinski definition) is 1. The van der Waals surface area contributed by atoms with Gasteiger partial charge in [0.25, 0.3) is 5.91 Å². The van der Waals surface area contributed by atoms with Crippen molar-refractivity contribution in [2.75, 3.05) is 6.54 Å². The number of carbonyl (C=O) groups is 1. The van der Waals surface area contributed by atoms with Crippen LogP contribution in [0.25, 0.3) is 0 Å². The molecule has 4 rings (SSSR count). The monoisotopic (exact) mass is 340 g/mol. The summed E-state index contributed by atoms with van der Waals surface area (Å²) in [6.45, 7) is 3.59. The molecule has 1 aliphatic heterocycles. The molecule has 1 aromatic heterocycles. The van der Waals surface area contributed by atoms with Crippen LogP contribution in [0.5, 0.6) is 0 Å². The van der Waals surface area contributed by atoms with Crippen molar-refractivity contribution in [2.45, 2.75) is 19.5 Å². The van der Waals surface area contributed by atoms with E-state index in [-0.39, 0.29) is 11.9 Å². The molecule has 0 N–H and O–H groups in total.